The Morgan fingerprint density at radius 1 is 1.48 bits per heavy atom. The Morgan fingerprint density at radius 3 is 2.83 bits per heavy atom. The van der Waals surface area contributed by atoms with Gasteiger partial charge >= 0.3 is 6.09 Å². The lowest BCUT2D eigenvalue weighted by atomic mass is 10.1. The summed E-state index contributed by atoms with van der Waals surface area (Å²) in [6.07, 6.45) is 1.87. The minimum Gasteiger partial charge on any atom is -0.444 e. The fourth-order valence-electron chi connectivity index (χ4n) is 2.50. The molecule has 0 bridgehead atoms. The highest BCUT2D eigenvalue weighted by Crippen LogP contribution is 2.22. The molecule has 1 fully saturated rings. The van der Waals surface area contributed by atoms with E-state index in [-0.39, 0.29) is 11.8 Å². The van der Waals surface area contributed by atoms with Gasteiger partial charge in [0.1, 0.15) is 5.60 Å². The molecule has 5 nitrogen and oxygen atoms in total. The average Bonchev–Trinajstić information content (AvgIpc) is 2.77. The Labute approximate surface area is 137 Å². The maximum absolute atomic E-state index is 12.0. The van der Waals surface area contributed by atoms with Gasteiger partial charge < -0.3 is 9.64 Å². The Kier molecular flexibility index (Phi) is 5.08. The van der Waals surface area contributed by atoms with Crippen LogP contribution in [0.2, 0.25) is 0 Å². The Morgan fingerprint density at radius 2 is 2.22 bits per heavy atom. The van der Waals surface area contributed by atoms with Crippen molar-refractivity contribution in [2.75, 3.05) is 11.9 Å². The number of amides is 2. The molecule has 23 heavy (non-hydrogen) atoms. The van der Waals surface area contributed by atoms with Gasteiger partial charge in [-0.05, 0) is 38.5 Å². The van der Waals surface area contributed by atoms with Crippen molar-refractivity contribution in [3.63, 3.8) is 0 Å². The highest BCUT2D eigenvalue weighted by molar-refractivity contribution is 5.85. The number of rotatable bonds is 4. The largest absolute Gasteiger partial charge is 0.444 e. The standard InChI is InChI=1S/C18H24N2O3/c1-5-13-10-16(21)20(11-13)12-14-7-6-8-15(9-14)19-17(22)23-18(2,3)4/h5-9,13H,1,10-12H2,2-4H3,(H,19,22). The molecule has 1 aliphatic rings. The van der Waals surface area contributed by atoms with Crippen molar-refractivity contribution < 1.29 is 14.3 Å². The number of anilines is 1. The molecule has 1 unspecified atom stereocenters. The topological polar surface area (TPSA) is 58.6 Å². The SMILES string of the molecule is C=CC1CC(=O)N(Cc2cccc(NC(=O)OC(C)(C)C)c2)C1. The number of ether oxygens (including phenoxy) is 1. The van der Waals surface area contributed by atoms with Gasteiger partial charge in [0.2, 0.25) is 5.91 Å². The van der Waals surface area contributed by atoms with Crippen LogP contribution in [0.25, 0.3) is 0 Å². The highest BCUT2D eigenvalue weighted by Gasteiger charge is 2.27. The first-order valence-corrected chi connectivity index (χ1v) is 7.76. The summed E-state index contributed by atoms with van der Waals surface area (Å²) in [4.78, 5) is 25.6. The Hall–Kier alpha value is -2.30. The van der Waals surface area contributed by atoms with Crippen molar-refractivity contribution >= 4 is 17.7 Å². The summed E-state index contributed by atoms with van der Waals surface area (Å²) >= 11 is 0. The van der Waals surface area contributed by atoms with E-state index in [1.54, 1.807) is 6.07 Å². The summed E-state index contributed by atoms with van der Waals surface area (Å²) in [5.74, 6) is 0.367. The van der Waals surface area contributed by atoms with E-state index in [1.807, 2.05) is 49.9 Å². The van der Waals surface area contributed by atoms with E-state index in [0.29, 0.717) is 25.2 Å². The van der Waals surface area contributed by atoms with E-state index < -0.39 is 11.7 Å². The van der Waals surface area contributed by atoms with E-state index in [4.69, 9.17) is 4.74 Å². The van der Waals surface area contributed by atoms with Gasteiger partial charge in [-0.25, -0.2) is 4.79 Å². The predicted octanol–water partition coefficient (Wildman–Crippen LogP) is 3.57. The van der Waals surface area contributed by atoms with Crippen LogP contribution in [-0.4, -0.2) is 29.0 Å². The van der Waals surface area contributed by atoms with Crippen LogP contribution in [0.5, 0.6) is 0 Å². The lowest BCUT2D eigenvalue weighted by Crippen LogP contribution is -2.27. The smallest absolute Gasteiger partial charge is 0.412 e. The first-order valence-electron chi connectivity index (χ1n) is 7.76. The second-order valence-corrected chi connectivity index (χ2v) is 6.80. The van der Waals surface area contributed by atoms with Crippen LogP contribution in [0.4, 0.5) is 10.5 Å². The van der Waals surface area contributed by atoms with Gasteiger partial charge in [0.05, 0.1) is 0 Å². The fraction of sp³-hybridized carbons (Fsp3) is 0.444. The van der Waals surface area contributed by atoms with E-state index in [2.05, 4.69) is 11.9 Å². The number of nitrogens with zero attached hydrogens (tertiary/aromatic N) is 1. The first kappa shape index (κ1) is 17.1. The van der Waals surface area contributed by atoms with Crippen LogP contribution >= 0.6 is 0 Å². The lowest BCUT2D eigenvalue weighted by molar-refractivity contribution is -0.128. The van der Waals surface area contributed by atoms with Gasteiger partial charge in [-0.15, -0.1) is 6.58 Å². The number of likely N-dealkylation sites (tertiary alicyclic amines) is 1. The monoisotopic (exact) mass is 316 g/mol. The zero-order valence-corrected chi connectivity index (χ0v) is 14.0. The molecule has 1 atom stereocenters. The molecule has 0 aromatic heterocycles. The number of carbonyl (C=O) groups is 2. The maximum Gasteiger partial charge on any atom is 0.412 e. The molecule has 1 N–H and O–H groups in total. The number of benzene rings is 1. The van der Waals surface area contributed by atoms with E-state index in [9.17, 15) is 9.59 Å². The number of hydrogen-bond donors (Lipinski definition) is 1. The third-order valence-corrected chi connectivity index (χ3v) is 3.52. The minimum atomic E-state index is -0.538. The van der Waals surface area contributed by atoms with E-state index >= 15 is 0 Å². The summed E-state index contributed by atoms with van der Waals surface area (Å²) in [7, 11) is 0. The lowest BCUT2D eigenvalue weighted by Gasteiger charge is -2.20. The molecular formula is C18H24N2O3. The minimum absolute atomic E-state index is 0.139. The Bertz CT molecular complexity index is 605. The zero-order valence-electron chi connectivity index (χ0n) is 14.0. The van der Waals surface area contributed by atoms with Crippen molar-refractivity contribution in [1.82, 2.24) is 4.90 Å². The van der Waals surface area contributed by atoms with Crippen LogP contribution in [-0.2, 0) is 16.1 Å². The predicted molar refractivity (Wildman–Crippen MR) is 90.0 cm³/mol. The van der Waals surface area contributed by atoms with Crippen LogP contribution < -0.4 is 5.32 Å². The summed E-state index contributed by atoms with van der Waals surface area (Å²) in [5, 5.41) is 2.71. The number of hydrogen-bond acceptors (Lipinski definition) is 3. The van der Waals surface area contributed by atoms with Gasteiger partial charge in [0.15, 0.2) is 0 Å². The molecule has 1 aliphatic heterocycles. The molecule has 1 aromatic carbocycles. The zero-order chi connectivity index (χ0) is 17.0. The summed E-state index contributed by atoms with van der Waals surface area (Å²) in [6.45, 7) is 10.4. The molecular weight excluding hydrogens is 292 g/mol. The third-order valence-electron chi connectivity index (χ3n) is 3.52. The molecule has 0 saturated carbocycles. The van der Waals surface area contributed by atoms with E-state index in [0.717, 1.165) is 5.56 Å². The number of carbonyl (C=O) groups excluding carboxylic acids is 2. The molecule has 124 valence electrons. The summed E-state index contributed by atoms with van der Waals surface area (Å²) < 4.78 is 5.23. The first-order chi connectivity index (χ1) is 10.8. The Balaban J connectivity index is 1.99. The normalized spacial score (nSPS) is 18.0. The summed E-state index contributed by atoms with van der Waals surface area (Å²) in [5.41, 5.74) is 1.09. The molecule has 2 amide bonds. The quantitative estimate of drug-likeness (QED) is 0.864. The number of nitrogens with one attached hydrogen (secondary N) is 1. The molecule has 1 heterocycles. The van der Waals surface area contributed by atoms with Crippen molar-refractivity contribution in [3.05, 3.63) is 42.5 Å². The second-order valence-electron chi connectivity index (χ2n) is 6.80. The van der Waals surface area contributed by atoms with Crippen LogP contribution in [0.3, 0.4) is 0 Å². The summed E-state index contributed by atoms with van der Waals surface area (Å²) in [6, 6.07) is 7.45. The highest BCUT2D eigenvalue weighted by atomic mass is 16.6. The molecule has 0 aliphatic carbocycles. The molecule has 5 heteroatoms. The average molecular weight is 316 g/mol. The van der Waals surface area contributed by atoms with Crippen molar-refractivity contribution in [2.45, 2.75) is 39.3 Å². The third kappa shape index (κ3) is 5.13. The molecule has 0 radical (unpaired) electrons. The van der Waals surface area contributed by atoms with Crippen LogP contribution in [0.15, 0.2) is 36.9 Å². The van der Waals surface area contributed by atoms with Gasteiger partial charge in [0.25, 0.3) is 0 Å². The van der Waals surface area contributed by atoms with Crippen molar-refractivity contribution in [2.24, 2.45) is 5.92 Å². The molecule has 1 saturated heterocycles. The molecule has 0 spiro atoms. The van der Waals surface area contributed by atoms with E-state index in [1.165, 1.54) is 0 Å². The van der Waals surface area contributed by atoms with Crippen molar-refractivity contribution in [3.8, 4) is 0 Å². The van der Waals surface area contributed by atoms with Crippen LogP contribution in [0, 0.1) is 5.92 Å². The van der Waals surface area contributed by atoms with Crippen LogP contribution in [0.1, 0.15) is 32.8 Å². The maximum atomic E-state index is 12.0. The molecule has 1 aromatic rings. The van der Waals surface area contributed by atoms with Gasteiger partial charge in [-0.3, -0.25) is 10.1 Å². The fourth-order valence-corrected chi connectivity index (χ4v) is 2.50. The second kappa shape index (κ2) is 6.86. The van der Waals surface area contributed by atoms with Gasteiger partial charge in [0, 0.05) is 31.1 Å². The molecule has 2 rings (SSSR count). The van der Waals surface area contributed by atoms with Gasteiger partial charge in [-0.1, -0.05) is 18.2 Å². The van der Waals surface area contributed by atoms with Gasteiger partial charge in [-0.2, -0.15) is 0 Å². The van der Waals surface area contributed by atoms with Crippen molar-refractivity contribution in [1.29, 1.82) is 0 Å².